The standard InChI is InChI=1S/C22H39N4O6P/c1-3-5-6-7-8-10-30-11-9-12-32-33(29,31-4-2)16-19(27)15-23-13-18-14-24-21-20(18)25-17-26-22(21)28/h14,17,19,23-24,27H,3-13,15-16H2,1-2H3,(H,25,26,28). The maximum atomic E-state index is 12.9. The number of rotatable bonds is 19. The number of H-pyrrole nitrogens is 2. The van der Waals surface area contributed by atoms with Crippen LogP contribution in [0.2, 0.25) is 0 Å². The third-order valence-electron chi connectivity index (χ3n) is 5.12. The summed E-state index contributed by atoms with van der Waals surface area (Å²) in [7, 11) is -3.40. The zero-order valence-electron chi connectivity index (χ0n) is 19.8. The predicted octanol–water partition coefficient (Wildman–Crippen LogP) is 3.33. The molecule has 4 N–H and O–H groups in total. The van der Waals surface area contributed by atoms with Crippen LogP contribution in [0.3, 0.4) is 0 Å². The van der Waals surface area contributed by atoms with Crippen LogP contribution < -0.4 is 10.9 Å². The van der Waals surface area contributed by atoms with Crippen molar-refractivity contribution in [3.8, 4) is 0 Å². The van der Waals surface area contributed by atoms with Gasteiger partial charge in [-0.15, -0.1) is 0 Å². The third-order valence-corrected chi connectivity index (χ3v) is 7.21. The highest BCUT2D eigenvalue weighted by atomic mass is 31.2. The molecule has 0 aromatic carbocycles. The first-order valence-corrected chi connectivity index (χ1v) is 13.6. The Morgan fingerprint density at radius 2 is 1.88 bits per heavy atom. The highest BCUT2D eigenvalue weighted by molar-refractivity contribution is 7.53. The van der Waals surface area contributed by atoms with Crippen molar-refractivity contribution in [1.29, 1.82) is 0 Å². The van der Waals surface area contributed by atoms with Gasteiger partial charge < -0.3 is 34.2 Å². The molecule has 0 fully saturated rings. The fraction of sp³-hybridized carbons (Fsp3) is 0.727. The number of aromatic amines is 2. The Balaban J connectivity index is 1.66. The van der Waals surface area contributed by atoms with Gasteiger partial charge in [0.15, 0.2) is 0 Å². The van der Waals surface area contributed by atoms with E-state index in [2.05, 4.69) is 27.2 Å². The second-order valence-corrected chi connectivity index (χ2v) is 10.1. The molecule has 2 heterocycles. The molecule has 0 saturated carbocycles. The Kier molecular flexibility index (Phi) is 12.9. The summed E-state index contributed by atoms with van der Waals surface area (Å²) < 4.78 is 29.4. The Hall–Kier alpha value is -1.55. The van der Waals surface area contributed by atoms with Crippen LogP contribution in [0.15, 0.2) is 17.3 Å². The Bertz CT molecular complexity index is 902. The number of nitrogens with one attached hydrogen (secondary N) is 3. The molecule has 2 aromatic heterocycles. The molecule has 2 aromatic rings. The lowest BCUT2D eigenvalue weighted by Crippen LogP contribution is -2.29. The van der Waals surface area contributed by atoms with Crippen molar-refractivity contribution in [1.82, 2.24) is 20.3 Å². The van der Waals surface area contributed by atoms with Crippen molar-refractivity contribution in [3.63, 3.8) is 0 Å². The summed E-state index contributed by atoms with van der Waals surface area (Å²) in [5.41, 5.74) is 1.55. The molecular weight excluding hydrogens is 447 g/mol. The lowest BCUT2D eigenvalue weighted by Gasteiger charge is -2.21. The van der Waals surface area contributed by atoms with Crippen molar-refractivity contribution in [2.75, 3.05) is 39.1 Å². The molecule has 2 unspecified atom stereocenters. The summed E-state index contributed by atoms with van der Waals surface area (Å²) in [6.07, 6.45) is 8.65. The van der Waals surface area contributed by atoms with E-state index in [4.69, 9.17) is 13.8 Å². The van der Waals surface area contributed by atoms with Crippen molar-refractivity contribution >= 4 is 18.6 Å². The fourth-order valence-electron chi connectivity index (χ4n) is 3.45. The average molecular weight is 487 g/mol. The summed E-state index contributed by atoms with van der Waals surface area (Å²) >= 11 is 0. The van der Waals surface area contributed by atoms with E-state index in [-0.39, 0.29) is 31.5 Å². The van der Waals surface area contributed by atoms with E-state index in [0.717, 1.165) is 18.6 Å². The molecule has 0 aliphatic rings. The van der Waals surface area contributed by atoms with Gasteiger partial charge in [0.05, 0.1) is 37.3 Å². The molecule has 188 valence electrons. The minimum Gasteiger partial charge on any atom is -0.391 e. The summed E-state index contributed by atoms with van der Waals surface area (Å²) in [5, 5.41) is 13.5. The van der Waals surface area contributed by atoms with Gasteiger partial charge in [0.1, 0.15) is 5.52 Å². The molecule has 0 spiro atoms. The normalized spacial score (nSPS) is 14.5. The van der Waals surface area contributed by atoms with Gasteiger partial charge in [0, 0.05) is 38.1 Å². The Morgan fingerprint density at radius 1 is 1.09 bits per heavy atom. The van der Waals surface area contributed by atoms with Crippen LogP contribution in [0, 0.1) is 0 Å². The maximum absolute atomic E-state index is 12.9. The van der Waals surface area contributed by atoms with Gasteiger partial charge in [-0.2, -0.15) is 0 Å². The lowest BCUT2D eigenvalue weighted by molar-refractivity contribution is 0.109. The zero-order chi connectivity index (χ0) is 23.9. The quantitative estimate of drug-likeness (QED) is 0.175. The van der Waals surface area contributed by atoms with Crippen molar-refractivity contribution < 1.29 is 23.5 Å². The maximum Gasteiger partial charge on any atom is 0.333 e. The molecule has 0 aliphatic heterocycles. The molecular formula is C22H39N4O6P. The second-order valence-electron chi connectivity index (χ2n) is 7.98. The van der Waals surface area contributed by atoms with E-state index in [0.29, 0.717) is 30.6 Å². The highest BCUT2D eigenvalue weighted by Crippen LogP contribution is 2.48. The third kappa shape index (κ3) is 10.1. The molecule has 0 saturated heterocycles. The number of fused-ring (bicyclic) bond motifs is 1. The second kappa shape index (κ2) is 15.4. The van der Waals surface area contributed by atoms with Gasteiger partial charge in [0.25, 0.3) is 5.56 Å². The molecule has 33 heavy (non-hydrogen) atoms. The largest absolute Gasteiger partial charge is 0.391 e. The van der Waals surface area contributed by atoms with E-state index in [1.807, 2.05) is 0 Å². The molecule has 0 bridgehead atoms. The SMILES string of the molecule is CCCCCCCOCCCOP(=O)(CC(O)CNCc1c[nH]c2c(=O)[nH]cnc12)OCC. The number of ether oxygens (including phenoxy) is 1. The van der Waals surface area contributed by atoms with Crippen LogP contribution >= 0.6 is 7.60 Å². The summed E-state index contributed by atoms with van der Waals surface area (Å²) in [6.45, 7) is 6.29. The number of aliphatic hydroxyl groups is 1. The minimum atomic E-state index is -3.40. The molecule has 0 amide bonds. The summed E-state index contributed by atoms with van der Waals surface area (Å²) in [4.78, 5) is 21.3. The van der Waals surface area contributed by atoms with Crippen molar-refractivity contribution in [2.45, 2.75) is 65.0 Å². The smallest absolute Gasteiger partial charge is 0.333 e. The highest BCUT2D eigenvalue weighted by Gasteiger charge is 2.28. The predicted molar refractivity (Wildman–Crippen MR) is 129 cm³/mol. The van der Waals surface area contributed by atoms with E-state index < -0.39 is 13.7 Å². The van der Waals surface area contributed by atoms with Crippen LogP contribution in [0.4, 0.5) is 0 Å². The first kappa shape index (κ1) is 27.7. The van der Waals surface area contributed by atoms with Crippen LogP contribution in [-0.4, -0.2) is 65.3 Å². The van der Waals surface area contributed by atoms with Crippen molar-refractivity contribution in [2.24, 2.45) is 0 Å². The van der Waals surface area contributed by atoms with Crippen LogP contribution in [0.5, 0.6) is 0 Å². The minimum absolute atomic E-state index is 0.0993. The average Bonchev–Trinajstić information content (AvgIpc) is 3.19. The Morgan fingerprint density at radius 3 is 2.67 bits per heavy atom. The zero-order valence-corrected chi connectivity index (χ0v) is 20.7. The summed E-state index contributed by atoms with van der Waals surface area (Å²) in [5.74, 6) is 0. The Labute approximate surface area is 195 Å². The van der Waals surface area contributed by atoms with E-state index in [9.17, 15) is 14.5 Å². The monoisotopic (exact) mass is 486 g/mol. The number of hydrogen-bond donors (Lipinski definition) is 4. The molecule has 2 atom stereocenters. The number of unbranched alkanes of at least 4 members (excludes halogenated alkanes) is 4. The number of aromatic nitrogens is 3. The van der Waals surface area contributed by atoms with Gasteiger partial charge in [-0.05, 0) is 19.8 Å². The number of hydrogen-bond acceptors (Lipinski definition) is 8. The van der Waals surface area contributed by atoms with Gasteiger partial charge in [-0.25, -0.2) is 4.98 Å². The van der Waals surface area contributed by atoms with Crippen LogP contribution in [-0.2, 0) is 24.9 Å². The van der Waals surface area contributed by atoms with E-state index in [1.54, 1.807) is 13.1 Å². The topological polar surface area (TPSA) is 139 Å². The molecule has 2 rings (SSSR count). The first-order chi connectivity index (χ1) is 16.0. The van der Waals surface area contributed by atoms with E-state index >= 15 is 0 Å². The van der Waals surface area contributed by atoms with Crippen LogP contribution in [0.25, 0.3) is 11.0 Å². The van der Waals surface area contributed by atoms with E-state index in [1.165, 1.54) is 32.0 Å². The fourth-order valence-corrected chi connectivity index (χ4v) is 5.18. The van der Waals surface area contributed by atoms with Gasteiger partial charge in [-0.1, -0.05) is 32.6 Å². The molecule has 10 nitrogen and oxygen atoms in total. The van der Waals surface area contributed by atoms with Gasteiger partial charge in [0.2, 0.25) is 0 Å². The first-order valence-electron chi connectivity index (χ1n) is 11.9. The molecule has 11 heteroatoms. The van der Waals surface area contributed by atoms with Gasteiger partial charge >= 0.3 is 7.60 Å². The number of aliphatic hydroxyl groups excluding tert-OH is 1. The van der Waals surface area contributed by atoms with Gasteiger partial charge in [-0.3, -0.25) is 9.36 Å². The number of nitrogens with zero attached hydrogens (tertiary/aromatic N) is 1. The molecule has 0 aliphatic carbocycles. The van der Waals surface area contributed by atoms with Crippen LogP contribution in [0.1, 0.15) is 57.9 Å². The van der Waals surface area contributed by atoms with Crippen molar-refractivity contribution in [3.05, 3.63) is 28.4 Å². The summed E-state index contributed by atoms with van der Waals surface area (Å²) in [6, 6.07) is 0. The molecule has 0 radical (unpaired) electrons. The lowest BCUT2D eigenvalue weighted by atomic mass is 10.2.